The number of piperidine rings is 1. The summed E-state index contributed by atoms with van der Waals surface area (Å²) in [5, 5.41) is 18.1. The standard InChI is InChI=1S/C13H23NO3/c15-9-10-5-7-14(8-6-10)12-3-1-11(2-4-12)13(16)17/h10-12,15H,1-9H2,(H,16,17). The van der Waals surface area contributed by atoms with Crippen molar-refractivity contribution in [2.75, 3.05) is 19.7 Å². The number of hydrogen-bond donors (Lipinski definition) is 2. The Morgan fingerprint density at radius 2 is 1.65 bits per heavy atom. The first-order chi connectivity index (χ1) is 8.20. The molecule has 0 spiro atoms. The van der Waals surface area contributed by atoms with Crippen LogP contribution in [-0.2, 0) is 4.79 Å². The van der Waals surface area contributed by atoms with Gasteiger partial charge in [0.1, 0.15) is 0 Å². The van der Waals surface area contributed by atoms with Crippen molar-refractivity contribution in [2.45, 2.75) is 44.6 Å². The van der Waals surface area contributed by atoms with E-state index >= 15 is 0 Å². The Labute approximate surface area is 103 Å². The van der Waals surface area contributed by atoms with E-state index in [2.05, 4.69) is 4.90 Å². The fourth-order valence-electron chi connectivity index (χ4n) is 3.19. The lowest BCUT2D eigenvalue weighted by Crippen LogP contribution is -2.44. The molecule has 0 bridgehead atoms. The zero-order chi connectivity index (χ0) is 12.3. The molecule has 2 aliphatic rings. The van der Waals surface area contributed by atoms with Crippen molar-refractivity contribution in [1.29, 1.82) is 0 Å². The van der Waals surface area contributed by atoms with Gasteiger partial charge in [-0.1, -0.05) is 0 Å². The SMILES string of the molecule is O=C(O)C1CCC(N2CCC(CO)CC2)CC1. The predicted molar refractivity (Wildman–Crippen MR) is 64.8 cm³/mol. The molecule has 0 unspecified atom stereocenters. The van der Waals surface area contributed by atoms with Crippen LogP contribution in [0.2, 0.25) is 0 Å². The Bertz CT molecular complexity index is 253. The number of carbonyl (C=O) groups is 1. The minimum atomic E-state index is -0.623. The largest absolute Gasteiger partial charge is 0.481 e. The molecule has 4 heteroatoms. The van der Waals surface area contributed by atoms with Crippen LogP contribution >= 0.6 is 0 Å². The van der Waals surface area contributed by atoms with Crippen LogP contribution in [0.1, 0.15) is 38.5 Å². The molecule has 2 fully saturated rings. The number of carboxylic acid groups (broad SMARTS) is 1. The third-order valence-electron chi connectivity index (χ3n) is 4.47. The smallest absolute Gasteiger partial charge is 0.306 e. The fourth-order valence-corrected chi connectivity index (χ4v) is 3.19. The second-order valence-corrected chi connectivity index (χ2v) is 5.51. The monoisotopic (exact) mass is 241 g/mol. The zero-order valence-corrected chi connectivity index (χ0v) is 10.3. The van der Waals surface area contributed by atoms with E-state index in [4.69, 9.17) is 10.2 Å². The van der Waals surface area contributed by atoms with E-state index in [0.29, 0.717) is 18.6 Å². The molecular weight excluding hydrogens is 218 g/mol. The van der Waals surface area contributed by atoms with Crippen molar-refractivity contribution < 1.29 is 15.0 Å². The molecule has 2 N–H and O–H groups in total. The minimum Gasteiger partial charge on any atom is -0.481 e. The minimum absolute atomic E-state index is 0.110. The summed E-state index contributed by atoms with van der Waals surface area (Å²) < 4.78 is 0. The molecule has 1 saturated carbocycles. The fraction of sp³-hybridized carbons (Fsp3) is 0.923. The molecule has 0 atom stereocenters. The van der Waals surface area contributed by atoms with E-state index in [0.717, 1.165) is 51.6 Å². The summed E-state index contributed by atoms with van der Waals surface area (Å²) >= 11 is 0. The van der Waals surface area contributed by atoms with Crippen molar-refractivity contribution in [3.63, 3.8) is 0 Å². The van der Waals surface area contributed by atoms with Crippen molar-refractivity contribution in [3.05, 3.63) is 0 Å². The number of rotatable bonds is 3. The molecule has 0 amide bonds. The van der Waals surface area contributed by atoms with Crippen molar-refractivity contribution >= 4 is 5.97 Å². The highest BCUT2D eigenvalue weighted by Gasteiger charge is 2.30. The number of aliphatic hydroxyl groups is 1. The van der Waals surface area contributed by atoms with E-state index in [1.807, 2.05) is 0 Å². The molecule has 0 aromatic carbocycles. The van der Waals surface area contributed by atoms with Crippen LogP contribution in [-0.4, -0.2) is 46.8 Å². The van der Waals surface area contributed by atoms with Gasteiger partial charge in [0.15, 0.2) is 0 Å². The molecule has 0 aromatic heterocycles. The summed E-state index contributed by atoms with van der Waals surface area (Å²) in [7, 11) is 0. The van der Waals surface area contributed by atoms with E-state index in [1.54, 1.807) is 0 Å². The first kappa shape index (κ1) is 12.8. The first-order valence-corrected chi connectivity index (χ1v) is 6.78. The molecule has 4 nitrogen and oxygen atoms in total. The van der Waals surface area contributed by atoms with Gasteiger partial charge in [0.05, 0.1) is 5.92 Å². The second kappa shape index (κ2) is 5.83. The predicted octanol–water partition coefficient (Wildman–Crippen LogP) is 1.33. The van der Waals surface area contributed by atoms with Gasteiger partial charge in [0, 0.05) is 12.6 Å². The number of likely N-dealkylation sites (tertiary alicyclic amines) is 1. The lowest BCUT2D eigenvalue weighted by Gasteiger charge is -2.40. The van der Waals surface area contributed by atoms with Crippen molar-refractivity contribution in [3.8, 4) is 0 Å². The van der Waals surface area contributed by atoms with Gasteiger partial charge in [0.2, 0.25) is 0 Å². The van der Waals surface area contributed by atoms with Gasteiger partial charge in [-0.05, 0) is 57.5 Å². The van der Waals surface area contributed by atoms with Crippen LogP contribution < -0.4 is 0 Å². The Hall–Kier alpha value is -0.610. The van der Waals surface area contributed by atoms with Gasteiger partial charge in [-0.15, -0.1) is 0 Å². The topological polar surface area (TPSA) is 60.8 Å². The van der Waals surface area contributed by atoms with E-state index in [9.17, 15) is 4.79 Å². The number of aliphatic hydroxyl groups excluding tert-OH is 1. The van der Waals surface area contributed by atoms with Crippen LogP contribution in [0.5, 0.6) is 0 Å². The molecule has 17 heavy (non-hydrogen) atoms. The van der Waals surface area contributed by atoms with Gasteiger partial charge in [-0.25, -0.2) is 0 Å². The Kier molecular flexibility index (Phi) is 4.40. The summed E-state index contributed by atoms with van der Waals surface area (Å²) in [4.78, 5) is 13.4. The highest BCUT2D eigenvalue weighted by atomic mass is 16.4. The van der Waals surface area contributed by atoms with Gasteiger partial charge >= 0.3 is 5.97 Å². The van der Waals surface area contributed by atoms with Crippen LogP contribution in [0.15, 0.2) is 0 Å². The summed E-state index contributed by atoms with van der Waals surface area (Å²) in [5.74, 6) is -0.245. The van der Waals surface area contributed by atoms with Gasteiger partial charge < -0.3 is 15.1 Å². The van der Waals surface area contributed by atoms with E-state index in [-0.39, 0.29) is 5.92 Å². The lowest BCUT2D eigenvalue weighted by molar-refractivity contribution is -0.143. The van der Waals surface area contributed by atoms with Crippen LogP contribution in [0.3, 0.4) is 0 Å². The molecule has 2 rings (SSSR count). The molecule has 1 saturated heterocycles. The third-order valence-corrected chi connectivity index (χ3v) is 4.47. The molecule has 0 radical (unpaired) electrons. The maximum atomic E-state index is 10.9. The second-order valence-electron chi connectivity index (χ2n) is 5.51. The maximum Gasteiger partial charge on any atom is 0.306 e. The lowest BCUT2D eigenvalue weighted by atomic mass is 9.84. The first-order valence-electron chi connectivity index (χ1n) is 6.78. The van der Waals surface area contributed by atoms with Crippen molar-refractivity contribution in [2.24, 2.45) is 11.8 Å². The highest BCUT2D eigenvalue weighted by molar-refractivity contribution is 5.70. The summed E-state index contributed by atoms with van der Waals surface area (Å²) in [5.41, 5.74) is 0. The average molecular weight is 241 g/mol. The Balaban J connectivity index is 1.76. The molecule has 98 valence electrons. The van der Waals surface area contributed by atoms with Crippen molar-refractivity contribution in [1.82, 2.24) is 4.90 Å². The number of hydrogen-bond acceptors (Lipinski definition) is 3. The Morgan fingerprint density at radius 1 is 1.06 bits per heavy atom. The van der Waals surface area contributed by atoms with E-state index in [1.165, 1.54) is 0 Å². The molecule has 1 heterocycles. The number of aliphatic carboxylic acids is 1. The summed E-state index contributed by atoms with van der Waals surface area (Å²) in [6.07, 6.45) is 5.91. The average Bonchev–Trinajstić information content (AvgIpc) is 2.39. The Morgan fingerprint density at radius 3 is 2.12 bits per heavy atom. The molecule has 1 aliphatic carbocycles. The number of nitrogens with zero attached hydrogens (tertiary/aromatic N) is 1. The van der Waals surface area contributed by atoms with Gasteiger partial charge in [-0.3, -0.25) is 4.79 Å². The quantitative estimate of drug-likeness (QED) is 0.782. The highest BCUT2D eigenvalue weighted by Crippen LogP contribution is 2.30. The summed E-state index contributed by atoms with van der Waals surface area (Å²) in [6, 6.07) is 0.588. The van der Waals surface area contributed by atoms with Crippen LogP contribution in [0, 0.1) is 11.8 Å². The van der Waals surface area contributed by atoms with Gasteiger partial charge in [-0.2, -0.15) is 0 Å². The molecule has 1 aliphatic heterocycles. The zero-order valence-electron chi connectivity index (χ0n) is 10.3. The van der Waals surface area contributed by atoms with Gasteiger partial charge in [0.25, 0.3) is 0 Å². The van der Waals surface area contributed by atoms with Crippen LogP contribution in [0.4, 0.5) is 0 Å². The third kappa shape index (κ3) is 3.19. The molecular formula is C13H23NO3. The molecule has 0 aromatic rings. The summed E-state index contributed by atoms with van der Waals surface area (Å²) in [6.45, 7) is 2.47. The van der Waals surface area contributed by atoms with Crippen LogP contribution in [0.25, 0.3) is 0 Å². The maximum absolute atomic E-state index is 10.9. The number of carboxylic acids is 1. The van der Waals surface area contributed by atoms with E-state index < -0.39 is 5.97 Å². The normalized spacial score (nSPS) is 32.5.